The Morgan fingerprint density at radius 1 is 1.42 bits per heavy atom. The summed E-state index contributed by atoms with van der Waals surface area (Å²) in [6.45, 7) is 7.57. The van der Waals surface area contributed by atoms with Crippen molar-refractivity contribution >= 4 is 11.8 Å². The van der Waals surface area contributed by atoms with Crippen molar-refractivity contribution in [3.63, 3.8) is 0 Å². The Labute approximate surface area is 120 Å². The molecule has 0 radical (unpaired) electrons. The molecule has 0 aliphatic carbocycles. The molecule has 1 aliphatic heterocycles. The third-order valence-electron chi connectivity index (χ3n) is 3.44. The third kappa shape index (κ3) is 3.99. The van der Waals surface area contributed by atoms with E-state index in [1.165, 1.54) is 16.2 Å². The van der Waals surface area contributed by atoms with Gasteiger partial charge in [0.25, 0.3) is 0 Å². The summed E-state index contributed by atoms with van der Waals surface area (Å²) in [5.41, 5.74) is 1.50. The van der Waals surface area contributed by atoms with Crippen molar-refractivity contribution in [1.29, 1.82) is 5.26 Å². The summed E-state index contributed by atoms with van der Waals surface area (Å²) >= 11 is 1.97. The molecule has 0 bridgehead atoms. The number of benzene rings is 1. The van der Waals surface area contributed by atoms with Crippen LogP contribution in [0.3, 0.4) is 0 Å². The highest BCUT2D eigenvalue weighted by Crippen LogP contribution is 2.39. The normalized spacial score (nSPS) is 17.7. The van der Waals surface area contributed by atoms with Crippen molar-refractivity contribution in [1.82, 2.24) is 4.90 Å². The number of hydrogen-bond acceptors (Lipinski definition) is 3. The van der Waals surface area contributed by atoms with Crippen molar-refractivity contribution in [2.24, 2.45) is 5.92 Å². The highest BCUT2D eigenvalue weighted by molar-refractivity contribution is 7.99. The molecule has 102 valence electrons. The van der Waals surface area contributed by atoms with Crippen LogP contribution in [0, 0.1) is 17.2 Å². The van der Waals surface area contributed by atoms with Gasteiger partial charge >= 0.3 is 0 Å². The van der Waals surface area contributed by atoms with Gasteiger partial charge in [-0.25, -0.2) is 0 Å². The van der Waals surface area contributed by atoms with Gasteiger partial charge in [-0.05, 0) is 17.5 Å². The van der Waals surface area contributed by atoms with Crippen LogP contribution in [0.1, 0.15) is 31.7 Å². The van der Waals surface area contributed by atoms with Crippen molar-refractivity contribution in [3.8, 4) is 6.07 Å². The zero-order chi connectivity index (χ0) is 13.7. The lowest BCUT2D eigenvalue weighted by Gasteiger charge is -2.26. The molecule has 0 saturated carbocycles. The highest BCUT2D eigenvalue weighted by Gasteiger charge is 2.24. The molecule has 0 aromatic heterocycles. The number of thioether (sulfide) groups is 1. The van der Waals surface area contributed by atoms with Gasteiger partial charge in [0.15, 0.2) is 0 Å². The maximum absolute atomic E-state index is 8.79. The van der Waals surface area contributed by atoms with E-state index in [4.69, 9.17) is 5.26 Å². The van der Waals surface area contributed by atoms with E-state index >= 15 is 0 Å². The Morgan fingerprint density at radius 2 is 2.21 bits per heavy atom. The molecule has 1 aromatic rings. The molecule has 1 heterocycles. The Balaban J connectivity index is 2.00. The largest absolute Gasteiger partial charge is 0.301 e. The Morgan fingerprint density at radius 3 is 2.95 bits per heavy atom. The van der Waals surface area contributed by atoms with Crippen LogP contribution in [0.25, 0.3) is 0 Å². The first-order valence-electron chi connectivity index (χ1n) is 7.01. The van der Waals surface area contributed by atoms with Gasteiger partial charge in [-0.15, -0.1) is 11.8 Å². The van der Waals surface area contributed by atoms with Crippen LogP contribution in [0.5, 0.6) is 0 Å². The summed E-state index contributed by atoms with van der Waals surface area (Å²) in [4.78, 5) is 3.90. The summed E-state index contributed by atoms with van der Waals surface area (Å²) in [5, 5.41) is 8.79. The molecule has 2 rings (SSSR count). The van der Waals surface area contributed by atoms with Gasteiger partial charge in [-0.1, -0.05) is 32.0 Å². The second kappa shape index (κ2) is 6.98. The molecular formula is C16H22N2S. The summed E-state index contributed by atoms with van der Waals surface area (Å²) in [6, 6.07) is 11.0. The van der Waals surface area contributed by atoms with E-state index in [-0.39, 0.29) is 0 Å². The van der Waals surface area contributed by atoms with Gasteiger partial charge in [0, 0.05) is 42.6 Å². The van der Waals surface area contributed by atoms with Crippen LogP contribution in [0.2, 0.25) is 0 Å². The lowest BCUT2D eigenvalue weighted by molar-refractivity contribution is 0.239. The first kappa shape index (κ1) is 14.4. The summed E-state index contributed by atoms with van der Waals surface area (Å²) in [6.07, 6.45) is 0.633. The lowest BCUT2D eigenvalue weighted by atomic mass is 10.00. The quantitative estimate of drug-likeness (QED) is 0.790. The summed E-state index contributed by atoms with van der Waals surface area (Å²) < 4.78 is 0. The van der Waals surface area contributed by atoms with E-state index in [1.54, 1.807) is 0 Å². The first-order valence-corrected chi connectivity index (χ1v) is 8.00. The van der Waals surface area contributed by atoms with Crippen molar-refractivity contribution in [2.75, 3.05) is 25.4 Å². The van der Waals surface area contributed by atoms with E-state index < -0.39 is 0 Å². The standard InChI is InChI=1S/C16H22N2S/c1-13(2)10-18(9-5-8-17)11-14-12-19-16-7-4-3-6-15(14)16/h3-4,6-7,13-14H,5,9-12H2,1-2H3. The summed E-state index contributed by atoms with van der Waals surface area (Å²) in [7, 11) is 0. The predicted molar refractivity (Wildman–Crippen MR) is 81.4 cm³/mol. The molecule has 3 heteroatoms. The predicted octanol–water partition coefficient (Wildman–Crippen LogP) is 3.75. The highest BCUT2D eigenvalue weighted by atomic mass is 32.2. The zero-order valence-corrected chi connectivity index (χ0v) is 12.6. The van der Waals surface area contributed by atoms with Gasteiger partial charge < -0.3 is 4.90 Å². The topological polar surface area (TPSA) is 27.0 Å². The second-order valence-electron chi connectivity index (χ2n) is 5.61. The molecule has 19 heavy (non-hydrogen) atoms. The molecular weight excluding hydrogens is 252 g/mol. The van der Waals surface area contributed by atoms with E-state index in [0.29, 0.717) is 18.3 Å². The van der Waals surface area contributed by atoms with Crippen molar-refractivity contribution < 1.29 is 0 Å². The monoisotopic (exact) mass is 274 g/mol. The molecule has 0 N–H and O–H groups in total. The van der Waals surface area contributed by atoms with E-state index in [0.717, 1.165) is 19.6 Å². The van der Waals surface area contributed by atoms with Gasteiger partial charge in [0.2, 0.25) is 0 Å². The molecule has 0 spiro atoms. The van der Waals surface area contributed by atoms with Crippen LogP contribution in [0.4, 0.5) is 0 Å². The minimum Gasteiger partial charge on any atom is -0.301 e. The Kier molecular flexibility index (Phi) is 5.30. The molecule has 1 atom stereocenters. The lowest BCUT2D eigenvalue weighted by Crippen LogP contribution is -2.33. The average molecular weight is 274 g/mol. The van der Waals surface area contributed by atoms with Crippen LogP contribution in [-0.4, -0.2) is 30.3 Å². The molecule has 0 fully saturated rings. The number of rotatable bonds is 6. The maximum Gasteiger partial charge on any atom is 0.0635 e. The molecule has 1 aromatic carbocycles. The average Bonchev–Trinajstić information content (AvgIpc) is 2.79. The molecule has 2 nitrogen and oxygen atoms in total. The fourth-order valence-electron chi connectivity index (χ4n) is 2.67. The number of nitrogens with zero attached hydrogens (tertiary/aromatic N) is 2. The van der Waals surface area contributed by atoms with Crippen LogP contribution in [0.15, 0.2) is 29.2 Å². The van der Waals surface area contributed by atoms with Gasteiger partial charge in [-0.2, -0.15) is 5.26 Å². The van der Waals surface area contributed by atoms with Crippen molar-refractivity contribution in [3.05, 3.63) is 29.8 Å². The van der Waals surface area contributed by atoms with Gasteiger partial charge in [0.05, 0.1) is 6.07 Å². The molecule has 1 unspecified atom stereocenters. The van der Waals surface area contributed by atoms with Gasteiger partial charge in [-0.3, -0.25) is 0 Å². The molecule has 1 aliphatic rings. The van der Waals surface area contributed by atoms with E-state index in [9.17, 15) is 0 Å². The summed E-state index contributed by atoms with van der Waals surface area (Å²) in [5.74, 6) is 2.46. The van der Waals surface area contributed by atoms with Crippen LogP contribution < -0.4 is 0 Å². The second-order valence-corrected chi connectivity index (χ2v) is 6.67. The number of nitriles is 1. The smallest absolute Gasteiger partial charge is 0.0635 e. The zero-order valence-electron chi connectivity index (χ0n) is 11.8. The van der Waals surface area contributed by atoms with E-state index in [2.05, 4.69) is 49.1 Å². The fraction of sp³-hybridized carbons (Fsp3) is 0.562. The van der Waals surface area contributed by atoms with Crippen LogP contribution >= 0.6 is 11.8 Å². The minimum absolute atomic E-state index is 0.624. The van der Waals surface area contributed by atoms with E-state index in [1.807, 2.05) is 11.8 Å². The number of fused-ring (bicyclic) bond motifs is 1. The Hall–Kier alpha value is -0.980. The fourth-order valence-corrected chi connectivity index (χ4v) is 3.92. The number of hydrogen-bond donors (Lipinski definition) is 0. The first-order chi connectivity index (χ1) is 9.20. The Bertz CT molecular complexity index is 450. The minimum atomic E-state index is 0.624. The van der Waals surface area contributed by atoms with Crippen LogP contribution in [-0.2, 0) is 0 Å². The maximum atomic E-state index is 8.79. The molecule has 0 saturated heterocycles. The third-order valence-corrected chi connectivity index (χ3v) is 4.69. The SMILES string of the molecule is CC(C)CN(CCC#N)CC1CSc2ccccc21. The van der Waals surface area contributed by atoms with Crippen molar-refractivity contribution in [2.45, 2.75) is 31.1 Å². The van der Waals surface area contributed by atoms with Gasteiger partial charge in [0.1, 0.15) is 0 Å². The molecule has 0 amide bonds.